The predicted molar refractivity (Wildman–Crippen MR) is 125 cm³/mol. The summed E-state index contributed by atoms with van der Waals surface area (Å²) in [5.41, 5.74) is 5.67. The summed E-state index contributed by atoms with van der Waals surface area (Å²) in [6.07, 6.45) is 4.37. The molecular weight excluding hydrogens is 404 g/mol. The third-order valence-electron chi connectivity index (χ3n) is 6.20. The van der Waals surface area contributed by atoms with Gasteiger partial charge in [-0.15, -0.1) is 0 Å². The number of aromatic nitrogens is 1. The SMILES string of the molecule is COc1cc2cc3[n+](c(N(C)C)c2cc1OC)CCc1cc(OC)c(-c2ccoc2)cc1-3. The Hall–Kier alpha value is -3.67. The van der Waals surface area contributed by atoms with Gasteiger partial charge in [-0.05, 0) is 41.3 Å². The standard InChI is InChI=1S/C26H27N2O4/c1-27(2)26-21-14-25(31-5)24(30-4)12-18(21)10-22-19-13-20(17-7-9-32-15-17)23(29-3)11-16(19)6-8-28(22)26/h7,9-15H,6,8H2,1-5H3/q+1. The van der Waals surface area contributed by atoms with E-state index < -0.39 is 0 Å². The number of furan rings is 1. The van der Waals surface area contributed by atoms with Gasteiger partial charge in [-0.25, -0.2) is 4.57 Å². The minimum atomic E-state index is 0.722. The van der Waals surface area contributed by atoms with E-state index in [4.69, 9.17) is 18.6 Å². The van der Waals surface area contributed by atoms with Crippen LogP contribution < -0.4 is 23.7 Å². The fourth-order valence-corrected chi connectivity index (χ4v) is 4.74. The second-order valence-corrected chi connectivity index (χ2v) is 8.17. The monoisotopic (exact) mass is 431 g/mol. The molecule has 5 rings (SSSR count). The van der Waals surface area contributed by atoms with Gasteiger partial charge >= 0.3 is 0 Å². The van der Waals surface area contributed by atoms with E-state index in [9.17, 15) is 0 Å². The summed E-state index contributed by atoms with van der Waals surface area (Å²) < 4.78 is 24.6. The fourth-order valence-electron chi connectivity index (χ4n) is 4.74. The number of anilines is 1. The summed E-state index contributed by atoms with van der Waals surface area (Å²) in [7, 11) is 9.22. The second kappa shape index (κ2) is 7.79. The van der Waals surface area contributed by atoms with Gasteiger partial charge in [0.25, 0.3) is 5.82 Å². The molecule has 0 radical (unpaired) electrons. The van der Waals surface area contributed by atoms with Gasteiger partial charge in [0.1, 0.15) is 11.4 Å². The van der Waals surface area contributed by atoms with E-state index in [-0.39, 0.29) is 0 Å². The average molecular weight is 432 g/mol. The molecule has 2 aromatic heterocycles. The molecule has 6 heteroatoms. The number of nitrogens with zero attached hydrogens (tertiary/aromatic N) is 2. The van der Waals surface area contributed by atoms with Crippen LogP contribution in [0.5, 0.6) is 17.2 Å². The molecule has 0 amide bonds. The van der Waals surface area contributed by atoms with Crippen molar-refractivity contribution in [2.75, 3.05) is 40.3 Å². The molecule has 2 aromatic carbocycles. The zero-order chi connectivity index (χ0) is 22.4. The third kappa shape index (κ3) is 3.06. The van der Waals surface area contributed by atoms with Gasteiger partial charge in [0, 0.05) is 29.2 Å². The summed E-state index contributed by atoms with van der Waals surface area (Å²) in [6.45, 7) is 0.883. The molecule has 0 fully saturated rings. The third-order valence-corrected chi connectivity index (χ3v) is 6.20. The van der Waals surface area contributed by atoms with Crippen molar-refractivity contribution in [3.63, 3.8) is 0 Å². The Morgan fingerprint density at radius 1 is 0.875 bits per heavy atom. The summed E-state index contributed by atoms with van der Waals surface area (Å²) in [5.74, 6) is 3.45. The maximum absolute atomic E-state index is 5.72. The minimum absolute atomic E-state index is 0.722. The number of rotatable bonds is 5. The summed E-state index contributed by atoms with van der Waals surface area (Å²) in [6, 6.07) is 12.7. The fraction of sp³-hybridized carbons (Fsp3) is 0.269. The number of fused-ring (bicyclic) bond motifs is 4. The Morgan fingerprint density at radius 2 is 1.62 bits per heavy atom. The molecule has 0 bridgehead atoms. The summed E-state index contributed by atoms with van der Waals surface area (Å²) >= 11 is 0. The molecule has 6 nitrogen and oxygen atoms in total. The molecule has 1 aliphatic rings. The Kier molecular flexibility index (Phi) is 4.93. The zero-order valence-corrected chi connectivity index (χ0v) is 19.1. The number of hydrogen-bond acceptors (Lipinski definition) is 5. The highest BCUT2D eigenvalue weighted by atomic mass is 16.5. The number of hydrogen-bond donors (Lipinski definition) is 0. The Labute approximate surface area is 187 Å². The van der Waals surface area contributed by atoms with Gasteiger partial charge in [-0.3, -0.25) is 4.90 Å². The van der Waals surface area contributed by atoms with Crippen LogP contribution in [0.1, 0.15) is 5.56 Å². The zero-order valence-electron chi connectivity index (χ0n) is 19.1. The predicted octanol–water partition coefficient (Wildman–Crippen LogP) is 4.70. The van der Waals surface area contributed by atoms with Crippen LogP contribution in [0.2, 0.25) is 0 Å². The quantitative estimate of drug-likeness (QED) is 0.429. The van der Waals surface area contributed by atoms with E-state index in [1.54, 1.807) is 33.9 Å². The van der Waals surface area contributed by atoms with Crippen molar-refractivity contribution in [2.45, 2.75) is 13.0 Å². The van der Waals surface area contributed by atoms with Crippen LogP contribution in [0.4, 0.5) is 5.82 Å². The van der Waals surface area contributed by atoms with Gasteiger partial charge in [0.15, 0.2) is 11.5 Å². The van der Waals surface area contributed by atoms with Gasteiger partial charge < -0.3 is 18.6 Å². The molecule has 3 heterocycles. The van der Waals surface area contributed by atoms with Crippen LogP contribution in [0.25, 0.3) is 33.2 Å². The summed E-state index contributed by atoms with van der Waals surface area (Å²) in [4.78, 5) is 2.17. The van der Waals surface area contributed by atoms with Crippen molar-refractivity contribution in [2.24, 2.45) is 0 Å². The highest BCUT2D eigenvalue weighted by Crippen LogP contribution is 2.41. The number of ether oxygens (including phenoxy) is 3. The van der Waals surface area contributed by atoms with Crippen molar-refractivity contribution < 1.29 is 23.2 Å². The lowest BCUT2D eigenvalue weighted by atomic mass is 9.91. The summed E-state index contributed by atoms with van der Waals surface area (Å²) in [5, 5.41) is 2.23. The Bertz CT molecular complexity index is 1310. The van der Waals surface area contributed by atoms with Crippen LogP contribution in [0, 0.1) is 0 Å². The normalized spacial score (nSPS) is 12.3. The van der Waals surface area contributed by atoms with E-state index in [2.05, 4.69) is 53.9 Å². The minimum Gasteiger partial charge on any atom is -0.496 e. The van der Waals surface area contributed by atoms with E-state index in [0.717, 1.165) is 57.9 Å². The highest BCUT2D eigenvalue weighted by molar-refractivity contribution is 5.95. The molecular formula is C26H27N2O4+. The smallest absolute Gasteiger partial charge is 0.284 e. The van der Waals surface area contributed by atoms with Crippen LogP contribution in [-0.2, 0) is 13.0 Å². The molecule has 0 N–H and O–H groups in total. The van der Waals surface area contributed by atoms with Gasteiger partial charge in [0.05, 0.1) is 59.9 Å². The first kappa shape index (κ1) is 20.2. The first-order valence-corrected chi connectivity index (χ1v) is 10.6. The second-order valence-electron chi connectivity index (χ2n) is 8.17. The molecule has 0 saturated carbocycles. The number of pyridine rings is 1. The van der Waals surface area contributed by atoms with E-state index >= 15 is 0 Å². The van der Waals surface area contributed by atoms with Crippen LogP contribution in [-0.4, -0.2) is 35.4 Å². The van der Waals surface area contributed by atoms with Crippen molar-refractivity contribution in [1.82, 2.24) is 0 Å². The highest BCUT2D eigenvalue weighted by Gasteiger charge is 2.29. The lowest BCUT2D eigenvalue weighted by Gasteiger charge is -2.25. The molecule has 4 aromatic rings. The van der Waals surface area contributed by atoms with Crippen molar-refractivity contribution >= 4 is 16.6 Å². The Morgan fingerprint density at radius 3 is 2.28 bits per heavy atom. The van der Waals surface area contributed by atoms with Crippen LogP contribution >= 0.6 is 0 Å². The number of benzene rings is 2. The molecule has 0 aliphatic carbocycles. The maximum Gasteiger partial charge on any atom is 0.284 e. The van der Waals surface area contributed by atoms with Gasteiger partial charge in [0.2, 0.25) is 0 Å². The molecule has 32 heavy (non-hydrogen) atoms. The van der Waals surface area contributed by atoms with Gasteiger partial charge in [-0.2, -0.15) is 0 Å². The largest absolute Gasteiger partial charge is 0.496 e. The average Bonchev–Trinajstić information content (AvgIpc) is 3.35. The molecule has 0 saturated heterocycles. The van der Waals surface area contributed by atoms with Crippen LogP contribution in [0.15, 0.2) is 53.3 Å². The molecule has 0 spiro atoms. The molecule has 0 unspecified atom stereocenters. The first-order valence-electron chi connectivity index (χ1n) is 10.6. The lowest BCUT2D eigenvalue weighted by Crippen LogP contribution is -2.45. The number of aryl methyl sites for hydroxylation is 1. The van der Waals surface area contributed by atoms with E-state index in [1.165, 1.54) is 16.8 Å². The van der Waals surface area contributed by atoms with Crippen molar-refractivity contribution in [3.05, 3.63) is 54.5 Å². The number of methoxy groups -OCH3 is 3. The van der Waals surface area contributed by atoms with Crippen molar-refractivity contribution in [1.29, 1.82) is 0 Å². The van der Waals surface area contributed by atoms with E-state index in [0.29, 0.717) is 0 Å². The van der Waals surface area contributed by atoms with Crippen LogP contribution in [0.3, 0.4) is 0 Å². The Balaban J connectivity index is 1.82. The molecule has 1 aliphatic heterocycles. The molecule has 0 atom stereocenters. The van der Waals surface area contributed by atoms with E-state index in [1.807, 2.05) is 6.07 Å². The molecule has 164 valence electrons. The van der Waals surface area contributed by atoms with Gasteiger partial charge in [-0.1, -0.05) is 0 Å². The first-order chi connectivity index (χ1) is 15.5. The topological polar surface area (TPSA) is 48.0 Å². The van der Waals surface area contributed by atoms with Crippen molar-refractivity contribution in [3.8, 4) is 39.6 Å². The lowest BCUT2D eigenvalue weighted by molar-refractivity contribution is -0.674. The maximum atomic E-state index is 5.72.